The van der Waals surface area contributed by atoms with Crippen LogP contribution in [0.5, 0.6) is 0 Å². The van der Waals surface area contributed by atoms with Crippen LogP contribution in [0, 0.1) is 6.92 Å². The van der Waals surface area contributed by atoms with Gasteiger partial charge in [0.2, 0.25) is 0 Å². The smallest absolute Gasteiger partial charge is 0.0528 e. The summed E-state index contributed by atoms with van der Waals surface area (Å²) in [7, 11) is 0. The molecule has 0 amide bonds. The maximum atomic E-state index is 3.78. The fraction of sp³-hybridized carbons (Fsp3) is 0.200. The van der Waals surface area contributed by atoms with Crippen LogP contribution in [0.4, 0.5) is 0 Å². The van der Waals surface area contributed by atoms with Crippen molar-refractivity contribution in [3.8, 4) is 0 Å². The van der Waals surface area contributed by atoms with E-state index >= 15 is 0 Å². The Morgan fingerprint density at radius 1 is 1.38 bits per heavy atom. The predicted molar refractivity (Wildman–Crippen MR) is 71.4 cm³/mol. The van der Waals surface area contributed by atoms with Gasteiger partial charge >= 0.3 is 0 Å². The molecule has 0 fully saturated rings. The first-order chi connectivity index (χ1) is 7.77. The molecular weight excluding hydrogens is 194 g/mol. The van der Waals surface area contributed by atoms with Crippen molar-refractivity contribution in [2.75, 3.05) is 0 Å². The van der Waals surface area contributed by atoms with Crippen LogP contribution in [0.1, 0.15) is 19.0 Å². The van der Waals surface area contributed by atoms with Gasteiger partial charge in [0.15, 0.2) is 0 Å². The van der Waals surface area contributed by atoms with Gasteiger partial charge in [-0.1, -0.05) is 37.8 Å². The molecule has 16 heavy (non-hydrogen) atoms. The molecule has 1 aromatic carbocycles. The molecule has 0 saturated heterocycles. The van der Waals surface area contributed by atoms with Gasteiger partial charge in [0, 0.05) is 16.8 Å². The zero-order chi connectivity index (χ0) is 11.5. The normalized spacial score (nSPS) is 12.0. The molecular formula is C15H17N. The lowest BCUT2D eigenvalue weighted by molar-refractivity contribution is 1.01. The Morgan fingerprint density at radius 3 is 2.81 bits per heavy atom. The summed E-state index contributed by atoms with van der Waals surface area (Å²) in [4.78, 5) is 0. The second-order valence-electron chi connectivity index (χ2n) is 3.93. The molecule has 1 heteroatoms. The van der Waals surface area contributed by atoms with Crippen molar-refractivity contribution in [3.63, 3.8) is 0 Å². The zero-order valence-corrected chi connectivity index (χ0v) is 9.90. The first kappa shape index (κ1) is 10.7. The van der Waals surface area contributed by atoms with Crippen molar-refractivity contribution in [3.05, 3.63) is 54.8 Å². The maximum Gasteiger partial charge on any atom is 0.0528 e. The number of allylic oxidation sites excluding steroid dienone is 3. The van der Waals surface area contributed by atoms with Gasteiger partial charge in [-0.3, -0.25) is 0 Å². The Morgan fingerprint density at radius 2 is 2.12 bits per heavy atom. The number of aromatic nitrogens is 1. The third-order valence-electron chi connectivity index (χ3n) is 2.85. The highest BCUT2D eigenvalue weighted by Crippen LogP contribution is 2.24. The summed E-state index contributed by atoms with van der Waals surface area (Å²) in [6.45, 7) is 8.09. The van der Waals surface area contributed by atoms with Crippen molar-refractivity contribution in [2.45, 2.75) is 20.3 Å². The van der Waals surface area contributed by atoms with Gasteiger partial charge in [-0.25, -0.2) is 0 Å². The van der Waals surface area contributed by atoms with Crippen LogP contribution in [0.15, 0.2) is 49.1 Å². The van der Waals surface area contributed by atoms with E-state index in [4.69, 9.17) is 0 Å². The van der Waals surface area contributed by atoms with E-state index in [1.165, 1.54) is 22.3 Å². The van der Waals surface area contributed by atoms with Crippen molar-refractivity contribution in [1.82, 2.24) is 4.57 Å². The minimum atomic E-state index is 1.01. The highest BCUT2D eigenvalue weighted by Gasteiger charge is 2.06. The van der Waals surface area contributed by atoms with E-state index in [2.05, 4.69) is 61.4 Å². The van der Waals surface area contributed by atoms with Crippen molar-refractivity contribution in [2.24, 2.45) is 0 Å². The summed E-state index contributed by atoms with van der Waals surface area (Å²) >= 11 is 0. The second kappa shape index (κ2) is 4.40. The summed E-state index contributed by atoms with van der Waals surface area (Å²) in [5.74, 6) is 0. The minimum absolute atomic E-state index is 1.01. The lowest BCUT2D eigenvalue weighted by Gasteiger charge is -2.10. The molecule has 82 valence electrons. The summed E-state index contributed by atoms with van der Waals surface area (Å²) in [6, 6.07) is 10.7. The molecule has 0 aliphatic heterocycles. The van der Waals surface area contributed by atoms with E-state index in [1.807, 2.05) is 6.08 Å². The number of fused-ring (bicyclic) bond motifs is 1. The van der Waals surface area contributed by atoms with E-state index in [9.17, 15) is 0 Å². The van der Waals surface area contributed by atoms with Crippen LogP contribution in [0.2, 0.25) is 0 Å². The van der Waals surface area contributed by atoms with Crippen LogP contribution in [0.25, 0.3) is 16.6 Å². The monoisotopic (exact) mass is 211 g/mol. The number of benzene rings is 1. The van der Waals surface area contributed by atoms with Gasteiger partial charge in [0.1, 0.15) is 0 Å². The maximum absolute atomic E-state index is 3.78. The minimum Gasteiger partial charge on any atom is -0.318 e. The summed E-state index contributed by atoms with van der Waals surface area (Å²) in [6.07, 6.45) is 4.94. The molecule has 0 unspecified atom stereocenters. The Bertz CT molecular complexity index is 544. The number of hydrogen-bond donors (Lipinski definition) is 0. The summed E-state index contributed by atoms with van der Waals surface area (Å²) in [5, 5.41) is 1.29. The summed E-state index contributed by atoms with van der Waals surface area (Å²) < 4.78 is 2.30. The topological polar surface area (TPSA) is 4.93 Å². The quantitative estimate of drug-likeness (QED) is 0.664. The fourth-order valence-corrected chi connectivity index (χ4v) is 2.16. The van der Waals surface area contributed by atoms with E-state index in [0.717, 1.165) is 6.42 Å². The number of rotatable bonds is 3. The van der Waals surface area contributed by atoms with E-state index in [-0.39, 0.29) is 0 Å². The Hall–Kier alpha value is -1.76. The first-order valence-electron chi connectivity index (χ1n) is 5.67. The Labute approximate surface area is 96.7 Å². The van der Waals surface area contributed by atoms with Crippen LogP contribution in [-0.4, -0.2) is 4.57 Å². The third kappa shape index (κ3) is 1.69. The standard InChI is InChI=1S/C15H17N/c1-4-8-14(5-2)16-12(3)11-13-9-6-7-10-15(13)16/h4,6-11H,1,5H2,2-3H3. The van der Waals surface area contributed by atoms with Gasteiger partial charge in [-0.2, -0.15) is 0 Å². The van der Waals surface area contributed by atoms with Crippen molar-refractivity contribution >= 4 is 16.6 Å². The van der Waals surface area contributed by atoms with Gasteiger partial charge in [-0.15, -0.1) is 0 Å². The van der Waals surface area contributed by atoms with Crippen LogP contribution < -0.4 is 0 Å². The summed E-state index contributed by atoms with van der Waals surface area (Å²) in [5.41, 5.74) is 3.83. The van der Waals surface area contributed by atoms with Gasteiger partial charge in [0.05, 0.1) is 5.52 Å². The fourth-order valence-electron chi connectivity index (χ4n) is 2.16. The van der Waals surface area contributed by atoms with Gasteiger partial charge in [-0.05, 0) is 31.6 Å². The Balaban J connectivity index is 2.71. The predicted octanol–water partition coefficient (Wildman–Crippen LogP) is 4.39. The molecule has 0 spiro atoms. The molecule has 0 saturated carbocycles. The highest BCUT2D eigenvalue weighted by molar-refractivity contribution is 5.84. The lowest BCUT2D eigenvalue weighted by atomic mass is 10.2. The molecule has 0 radical (unpaired) electrons. The molecule has 2 rings (SSSR count). The Kier molecular flexibility index (Phi) is 2.95. The van der Waals surface area contributed by atoms with Gasteiger partial charge in [0.25, 0.3) is 0 Å². The number of nitrogens with zero attached hydrogens (tertiary/aromatic N) is 1. The third-order valence-corrected chi connectivity index (χ3v) is 2.85. The largest absolute Gasteiger partial charge is 0.318 e. The van der Waals surface area contributed by atoms with E-state index < -0.39 is 0 Å². The molecule has 0 N–H and O–H groups in total. The molecule has 0 bridgehead atoms. The number of hydrogen-bond acceptors (Lipinski definition) is 0. The number of para-hydroxylation sites is 1. The molecule has 0 aliphatic rings. The van der Waals surface area contributed by atoms with Crippen LogP contribution in [-0.2, 0) is 0 Å². The second-order valence-corrected chi connectivity index (χ2v) is 3.93. The van der Waals surface area contributed by atoms with Crippen LogP contribution >= 0.6 is 0 Å². The van der Waals surface area contributed by atoms with E-state index in [0.29, 0.717) is 0 Å². The zero-order valence-electron chi connectivity index (χ0n) is 9.90. The van der Waals surface area contributed by atoms with Gasteiger partial charge < -0.3 is 4.57 Å². The lowest BCUT2D eigenvalue weighted by Crippen LogP contribution is -1.97. The average Bonchev–Trinajstić information content (AvgIpc) is 2.62. The molecule has 0 atom stereocenters. The highest BCUT2D eigenvalue weighted by atomic mass is 15.0. The number of aryl methyl sites for hydroxylation is 1. The van der Waals surface area contributed by atoms with Crippen LogP contribution in [0.3, 0.4) is 0 Å². The first-order valence-corrected chi connectivity index (χ1v) is 5.67. The molecule has 0 aliphatic carbocycles. The van der Waals surface area contributed by atoms with E-state index in [1.54, 1.807) is 0 Å². The molecule has 2 aromatic rings. The molecule has 1 aromatic heterocycles. The van der Waals surface area contributed by atoms with Crippen molar-refractivity contribution < 1.29 is 0 Å². The molecule has 1 nitrogen and oxygen atoms in total. The average molecular weight is 211 g/mol. The van der Waals surface area contributed by atoms with Crippen molar-refractivity contribution in [1.29, 1.82) is 0 Å². The SMILES string of the molecule is C=CC=C(CC)n1c(C)cc2ccccc21. The molecule has 1 heterocycles.